The highest BCUT2D eigenvalue weighted by Crippen LogP contribution is 2.15. The molecule has 0 spiro atoms. The quantitative estimate of drug-likeness (QED) is 0.623. The summed E-state index contributed by atoms with van der Waals surface area (Å²) in [6, 6.07) is 5.29. The molecule has 20 heavy (non-hydrogen) atoms. The number of rotatable bonds is 6. The highest BCUT2D eigenvalue weighted by molar-refractivity contribution is 7.89. The van der Waals surface area contributed by atoms with E-state index in [9.17, 15) is 18.0 Å². The van der Waals surface area contributed by atoms with Crippen LogP contribution in [0.5, 0.6) is 0 Å². The number of amides is 1. The molecule has 0 aromatic heterocycles. The van der Waals surface area contributed by atoms with Crippen LogP contribution in [0.25, 0.3) is 0 Å². The minimum Gasteiger partial charge on any atom is -0.480 e. The Bertz CT molecular complexity index is 678. The number of carbonyl (C=O) groups is 2. The van der Waals surface area contributed by atoms with Gasteiger partial charge in [0.1, 0.15) is 12.1 Å². The van der Waals surface area contributed by atoms with Crippen LogP contribution in [0.2, 0.25) is 0 Å². The van der Waals surface area contributed by atoms with Gasteiger partial charge >= 0.3 is 5.97 Å². The zero-order valence-electron chi connectivity index (χ0n) is 10.1. The normalized spacial score (nSPS) is 12.3. The number of aliphatic carboxylic acids is 1. The van der Waals surface area contributed by atoms with E-state index in [1.54, 1.807) is 6.07 Å². The Labute approximate surface area is 114 Å². The second-order valence-electron chi connectivity index (χ2n) is 3.79. The van der Waals surface area contributed by atoms with Gasteiger partial charge in [0.25, 0.3) is 0 Å². The van der Waals surface area contributed by atoms with Crippen molar-refractivity contribution in [1.82, 2.24) is 4.72 Å². The summed E-state index contributed by atoms with van der Waals surface area (Å²) in [4.78, 5) is 21.3. The lowest BCUT2D eigenvalue weighted by molar-refractivity contribution is -0.140. The first kappa shape index (κ1) is 15.6. The number of hydrogen-bond acceptors (Lipinski definition) is 5. The molecule has 0 heterocycles. The number of nitrogens with two attached hydrogens (primary N) is 1. The summed E-state index contributed by atoms with van der Waals surface area (Å²) in [6.45, 7) is 0. The Kier molecular flexibility index (Phi) is 4.79. The van der Waals surface area contributed by atoms with E-state index in [1.807, 2.05) is 4.72 Å². The Hall–Kier alpha value is -2.44. The molecule has 1 aromatic carbocycles. The van der Waals surface area contributed by atoms with Crippen LogP contribution in [-0.4, -0.2) is 31.4 Å². The standard InChI is InChI=1S/C11H11N3O5S/c12-6-7-3-1-2-4-9(7)20(18,19)14-8(11(16)17)5-10(13)15/h1-4,8,14H,5H2,(H2,13,15)(H,16,17)/t8-/m1/s1. The van der Waals surface area contributed by atoms with Crippen molar-refractivity contribution in [2.75, 3.05) is 0 Å². The molecule has 1 rings (SSSR count). The number of benzene rings is 1. The van der Waals surface area contributed by atoms with Crippen LogP contribution in [-0.2, 0) is 19.6 Å². The molecule has 0 bridgehead atoms. The number of carboxylic acid groups (broad SMARTS) is 1. The van der Waals surface area contributed by atoms with Gasteiger partial charge < -0.3 is 10.8 Å². The highest BCUT2D eigenvalue weighted by atomic mass is 32.2. The number of nitrogens with zero attached hydrogens (tertiary/aromatic N) is 1. The molecule has 1 amide bonds. The molecule has 0 unspecified atom stereocenters. The first-order chi connectivity index (χ1) is 9.27. The van der Waals surface area contributed by atoms with Gasteiger partial charge in [-0.15, -0.1) is 0 Å². The van der Waals surface area contributed by atoms with Gasteiger partial charge in [-0.05, 0) is 12.1 Å². The maximum atomic E-state index is 12.0. The van der Waals surface area contributed by atoms with Crippen LogP contribution in [0.15, 0.2) is 29.2 Å². The molecular formula is C11H11N3O5S. The van der Waals surface area contributed by atoms with E-state index in [1.165, 1.54) is 18.2 Å². The molecule has 1 atom stereocenters. The van der Waals surface area contributed by atoms with Crippen molar-refractivity contribution < 1.29 is 23.1 Å². The third kappa shape index (κ3) is 3.78. The van der Waals surface area contributed by atoms with Gasteiger partial charge in [0.05, 0.1) is 16.9 Å². The van der Waals surface area contributed by atoms with Crippen molar-refractivity contribution in [3.05, 3.63) is 29.8 Å². The second kappa shape index (κ2) is 6.14. The lowest BCUT2D eigenvalue weighted by atomic mass is 10.2. The van der Waals surface area contributed by atoms with E-state index in [-0.39, 0.29) is 10.5 Å². The van der Waals surface area contributed by atoms with E-state index < -0.39 is 34.4 Å². The van der Waals surface area contributed by atoms with Crippen molar-refractivity contribution in [3.63, 3.8) is 0 Å². The molecule has 106 valence electrons. The third-order valence-corrected chi connectivity index (χ3v) is 3.83. The van der Waals surface area contributed by atoms with Crippen molar-refractivity contribution >= 4 is 21.9 Å². The molecule has 0 fully saturated rings. The molecule has 0 aliphatic carbocycles. The topological polar surface area (TPSA) is 150 Å². The molecule has 0 saturated carbocycles. The largest absolute Gasteiger partial charge is 0.480 e. The first-order valence-electron chi connectivity index (χ1n) is 5.30. The second-order valence-corrected chi connectivity index (χ2v) is 5.47. The monoisotopic (exact) mass is 297 g/mol. The van der Waals surface area contributed by atoms with Crippen LogP contribution in [0.4, 0.5) is 0 Å². The lowest BCUT2D eigenvalue weighted by Gasteiger charge is -2.13. The fraction of sp³-hybridized carbons (Fsp3) is 0.182. The van der Waals surface area contributed by atoms with E-state index in [2.05, 4.69) is 0 Å². The smallest absolute Gasteiger partial charge is 0.322 e. The van der Waals surface area contributed by atoms with Crippen LogP contribution < -0.4 is 10.5 Å². The van der Waals surface area contributed by atoms with Gasteiger partial charge in [-0.25, -0.2) is 8.42 Å². The number of nitrogens with one attached hydrogen (secondary N) is 1. The van der Waals surface area contributed by atoms with Gasteiger partial charge in [-0.2, -0.15) is 9.98 Å². The molecule has 1 aromatic rings. The average Bonchev–Trinajstić information content (AvgIpc) is 2.37. The summed E-state index contributed by atoms with van der Waals surface area (Å²) in [5, 5.41) is 17.7. The summed E-state index contributed by atoms with van der Waals surface area (Å²) in [5.74, 6) is -2.50. The molecule has 0 saturated heterocycles. The van der Waals surface area contributed by atoms with Crippen LogP contribution in [0.3, 0.4) is 0 Å². The number of carbonyl (C=O) groups excluding carboxylic acids is 1. The predicted octanol–water partition coefficient (Wildman–Crippen LogP) is -0.835. The zero-order chi connectivity index (χ0) is 15.3. The maximum Gasteiger partial charge on any atom is 0.322 e. The molecule has 0 aliphatic heterocycles. The van der Waals surface area contributed by atoms with Crippen molar-refractivity contribution in [3.8, 4) is 6.07 Å². The predicted molar refractivity (Wildman–Crippen MR) is 66.7 cm³/mol. The first-order valence-corrected chi connectivity index (χ1v) is 6.79. The van der Waals surface area contributed by atoms with Gasteiger partial charge in [0.2, 0.25) is 15.9 Å². The Morgan fingerprint density at radius 1 is 1.40 bits per heavy atom. The molecule has 9 heteroatoms. The minimum absolute atomic E-state index is 0.136. The third-order valence-electron chi connectivity index (χ3n) is 2.30. The summed E-state index contributed by atoms with van der Waals surface area (Å²) >= 11 is 0. The Morgan fingerprint density at radius 2 is 2.00 bits per heavy atom. The van der Waals surface area contributed by atoms with Crippen LogP contribution in [0, 0.1) is 11.3 Å². The maximum absolute atomic E-state index is 12.0. The van der Waals surface area contributed by atoms with Crippen molar-refractivity contribution in [2.45, 2.75) is 17.4 Å². The number of hydrogen-bond donors (Lipinski definition) is 3. The lowest BCUT2D eigenvalue weighted by Crippen LogP contribution is -2.43. The molecule has 4 N–H and O–H groups in total. The van der Waals surface area contributed by atoms with E-state index in [4.69, 9.17) is 16.1 Å². The van der Waals surface area contributed by atoms with Gasteiger partial charge in [-0.3, -0.25) is 9.59 Å². The molecule has 0 radical (unpaired) electrons. The average molecular weight is 297 g/mol. The number of primary amides is 1. The van der Waals surface area contributed by atoms with Gasteiger partial charge in [-0.1, -0.05) is 12.1 Å². The Balaban J connectivity index is 3.14. The van der Waals surface area contributed by atoms with Crippen LogP contribution >= 0.6 is 0 Å². The Morgan fingerprint density at radius 3 is 2.50 bits per heavy atom. The van der Waals surface area contributed by atoms with E-state index >= 15 is 0 Å². The van der Waals surface area contributed by atoms with E-state index in [0.717, 1.165) is 6.07 Å². The van der Waals surface area contributed by atoms with Gasteiger partial charge in [0, 0.05) is 0 Å². The number of carboxylic acids is 1. The van der Waals surface area contributed by atoms with Crippen molar-refractivity contribution in [1.29, 1.82) is 5.26 Å². The zero-order valence-corrected chi connectivity index (χ0v) is 10.9. The number of nitriles is 1. The number of sulfonamides is 1. The summed E-state index contributed by atoms with van der Waals surface area (Å²) in [6.07, 6.45) is -0.691. The van der Waals surface area contributed by atoms with Gasteiger partial charge in [0.15, 0.2) is 0 Å². The van der Waals surface area contributed by atoms with E-state index in [0.29, 0.717) is 0 Å². The fourth-order valence-electron chi connectivity index (χ4n) is 1.42. The fourth-order valence-corrected chi connectivity index (χ4v) is 2.77. The highest BCUT2D eigenvalue weighted by Gasteiger charge is 2.28. The summed E-state index contributed by atoms with van der Waals surface area (Å²) in [5.41, 5.74) is 4.72. The molecule has 0 aliphatic rings. The molecule has 8 nitrogen and oxygen atoms in total. The summed E-state index contributed by atoms with van der Waals surface area (Å²) in [7, 11) is -4.25. The minimum atomic E-state index is -4.25. The SMILES string of the molecule is N#Cc1ccccc1S(=O)(=O)N[C@H](CC(N)=O)C(=O)O. The van der Waals surface area contributed by atoms with Crippen LogP contribution in [0.1, 0.15) is 12.0 Å². The molecular weight excluding hydrogens is 286 g/mol. The van der Waals surface area contributed by atoms with Crippen molar-refractivity contribution in [2.24, 2.45) is 5.73 Å². The summed E-state index contributed by atoms with van der Waals surface area (Å²) < 4.78 is 25.9.